The highest BCUT2D eigenvalue weighted by Crippen LogP contribution is 2.21. The van der Waals surface area contributed by atoms with E-state index in [1.54, 1.807) is 4.90 Å². The Kier molecular flexibility index (Phi) is 5.12. The Morgan fingerprint density at radius 1 is 1.43 bits per heavy atom. The first-order chi connectivity index (χ1) is 10.0. The van der Waals surface area contributed by atoms with Crippen molar-refractivity contribution >= 4 is 11.6 Å². The molecule has 0 radical (unpaired) electrons. The van der Waals surface area contributed by atoms with E-state index in [0.717, 1.165) is 31.4 Å². The number of amides is 1. The fourth-order valence-corrected chi connectivity index (χ4v) is 2.43. The van der Waals surface area contributed by atoms with E-state index in [9.17, 15) is 13.6 Å². The fourth-order valence-electron chi connectivity index (χ4n) is 2.43. The number of ether oxygens (including phenoxy) is 1. The molecule has 1 unspecified atom stereocenters. The van der Waals surface area contributed by atoms with Gasteiger partial charge in [0.15, 0.2) is 0 Å². The third kappa shape index (κ3) is 3.69. The average molecular weight is 298 g/mol. The van der Waals surface area contributed by atoms with Crippen molar-refractivity contribution in [3.63, 3.8) is 0 Å². The first-order valence-corrected chi connectivity index (χ1v) is 7.18. The lowest BCUT2D eigenvalue weighted by Gasteiger charge is -2.32. The molecule has 2 N–H and O–H groups in total. The third-order valence-electron chi connectivity index (χ3n) is 3.55. The van der Waals surface area contributed by atoms with Gasteiger partial charge >= 0.3 is 0 Å². The van der Waals surface area contributed by atoms with Gasteiger partial charge in [-0.25, -0.2) is 8.78 Å². The zero-order valence-corrected chi connectivity index (χ0v) is 12.1. The number of hydrogen-bond acceptors (Lipinski definition) is 3. The van der Waals surface area contributed by atoms with E-state index in [2.05, 4.69) is 0 Å². The van der Waals surface area contributed by atoms with Gasteiger partial charge in [0.25, 0.3) is 5.91 Å². The van der Waals surface area contributed by atoms with E-state index < -0.39 is 23.2 Å². The average Bonchev–Trinajstić information content (AvgIpc) is 2.49. The zero-order chi connectivity index (χ0) is 15.4. The highest BCUT2D eigenvalue weighted by atomic mass is 19.1. The number of carbonyl (C=O) groups excluding carboxylic acids is 1. The molecule has 0 saturated carbocycles. The quantitative estimate of drug-likeness (QED) is 0.869. The van der Waals surface area contributed by atoms with Gasteiger partial charge in [0.2, 0.25) is 0 Å². The number of likely N-dealkylation sites (tertiary alicyclic amines) is 1. The number of nitrogens with two attached hydrogens (primary N) is 1. The summed E-state index contributed by atoms with van der Waals surface area (Å²) in [7, 11) is 0. The predicted octanol–water partition coefficient (Wildman–Crippen LogP) is 2.58. The Morgan fingerprint density at radius 2 is 2.10 bits per heavy atom. The highest BCUT2D eigenvalue weighted by Gasteiger charge is 2.26. The smallest absolute Gasteiger partial charge is 0.254 e. The van der Waals surface area contributed by atoms with Crippen molar-refractivity contribution in [1.82, 2.24) is 4.90 Å². The van der Waals surface area contributed by atoms with Crippen LogP contribution in [-0.2, 0) is 4.74 Å². The van der Waals surface area contributed by atoms with Gasteiger partial charge in [0, 0.05) is 25.3 Å². The molecule has 1 aromatic carbocycles. The van der Waals surface area contributed by atoms with Crippen LogP contribution in [0.15, 0.2) is 12.1 Å². The van der Waals surface area contributed by atoms with Crippen LogP contribution in [0.25, 0.3) is 0 Å². The molecule has 1 amide bonds. The number of hydrogen-bond donors (Lipinski definition) is 1. The van der Waals surface area contributed by atoms with Crippen LogP contribution < -0.4 is 5.73 Å². The Hall–Kier alpha value is -1.69. The molecule has 0 aromatic heterocycles. The van der Waals surface area contributed by atoms with Crippen molar-refractivity contribution in [3.05, 3.63) is 29.3 Å². The Bertz CT molecular complexity index is 499. The first kappa shape index (κ1) is 15.7. The van der Waals surface area contributed by atoms with Crippen LogP contribution in [0.1, 0.15) is 36.5 Å². The van der Waals surface area contributed by atoms with Gasteiger partial charge in [-0.3, -0.25) is 4.79 Å². The summed E-state index contributed by atoms with van der Waals surface area (Å²) < 4.78 is 32.6. The van der Waals surface area contributed by atoms with Crippen molar-refractivity contribution < 1.29 is 18.3 Å². The van der Waals surface area contributed by atoms with Crippen LogP contribution in [0.4, 0.5) is 14.5 Å². The minimum atomic E-state index is -0.908. The molecule has 4 nitrogen and oxygen atoms in total. The van der Waals surface area contributed by atoms with Gasteiger partial charge < -0.3 is 15.4 Å². The molecular weight excluding hydrogens is 278 g/mol. The van der Waals surface area contributed by atoms with Crippen molar-refractivity contribution in [2.75, 3.05) is 25.4 Å². The Labute approximate surface area is 122 Å². The zero-order valence-electron chi connectivity index (χ0n) is 12.1. The summed E-state index contributed by atoms with van der Waals surface area (Å²) in [5.41, 5.74) is 4.63. The molecular formula is C15H20F2N2O2. The van der Waals surface area contributed by atoms with E-state index in [4.69, 9.17) is 10.5 Å². The predicted molar refractivity (Wildman–Crippen MR) is 75.9 cm³/mol. The van der Waals surface area contributed by atoms with Crippen LogP contribution in [0.3, 0.4) is 0 Å². The van der Waals surface area contributed by atoms with Crippen molar-refractivity contribution in [2.45, 2.75) is 32.3 Å². The van der Waals surface area contributed by atoms with Crippen LogP contribution in [0.5, 0.6) is 0 Å². The molecule has 1 aliphatic rings. The molecule has 0 bridgehead atoms. The van der Waals surface area contributed by atoms with E-state index >= 15 is 0 Å². The monoisotopic (exact) mass is 298 g/mol. The van der Waals surface area contributed by atoms with Crippen LogP contribution in [0.2, 0.25) is 0 Å². The standard InChI is InChI=1S/C15H20F2N2O2/c1-2-6-21-11-4-3-5-19(9-11)15(20)10-7-12(16)14(18)13(17)8-10/h7-8,11H,2-6,9,18H2,1H3. The number of anilines is 1. The molecule has 1 aliphatic heterocycles. The summed E-state index contributed by atoms with van der Waals surface area (Å²) in [5, 5.41) is 0. The molecule has 6 heteroatoms. The largest absolute Gasteiger partial charge is 0.394 e. The SMILES string of the molecule is CCCOC1CCCN(C(=O)c2cc(F)c(N)c(F)c2)C1. The number of piperidine rings is 1. The van der Waals surface area contributed by atoms with E-state index in [0.29, 0.717) is 19.7 Å². The number of nitrogens with zero attached hydrogens (tertiary/aromatic N) is 1. The maximum Gasteiger partial charge on any atom is 0.254 e. The lowest BCUT2D eigenvalue weighted by atomic mass is 10.1. The van der Waals surface area contributed by atoms with Gasteiger partial charge in [-0.05, 0) is 31.4 Å². The van der Waals surface area contributed by atoms with Gasteiger partial charge in [0.05, 0.1) is 6.10 Å². The number of carbonyl (C=O) groups is 1. The molecule has 1 aromatic rings. The summed E-state index contributed by atoms with van der Waals surface area (Å²) in [5.74, 6) is -2.21. The molecule has 1 fully saturated rings. The first-order valence-electron chi connectivity index (χ1n) is 7.18. The Morgan fingerprint density at radius 3 is 2.71 bits per heavy atom. The molecule has 1 atom stereocenters. The second-order valence-electron chi connectivity index (χ2n) is 5.24. The second kappa shape index (κ2) is 6.85. The van der Waals surface area contributed by atoms with E-state index in [1.807, 2.05) is 6.92 Å². The second-order valence-corrected chi connectivity index (χ2v) is 5.24. The molecule has 0 aliphatic carbocycles. The molecule has 1 heterocycles. The lowest BCUT2D eigenvalue weighted by Crippen LogP contribution is -2.43. The summed E-state index contributed by atoms with van der Waals surface area (Å²) in [4.78, 5) is 13.9. The molecule has 0 spiro atoms. The minimum absolute atomic E-state index is 0.00822. The van der Waals surface area contributed by atoms with Gasteiger partial charge in [-0.15, -0.1) is 0 Å². The van der Waals surface area contributed by atoms with Gasteiger partial charge in [-0.1, -0.05) is 6.92 Å². The van der Waals surface area contributed by atoms with Gasteiger partial charge in [-0.2, -0.15) is 0 Å². The Balaban J connectivity index is 2.09. The van der Waals surface area contributed by atoms with Crippen LogP contribution in [-0.4, -0.2) is 36.6 Å². The third-order valence-corrected chi connectivity index (χ3v) is 3.55. The lowest BCUT2D eigenvalue weighted by molar-refractivity contribution is 0.00209. The van der Waals surface area contributed by atoms with E-state index in [-0.39, 0.29) is 11.7 Å². The van der Waals surface area contributed by atoms with Crippen molar-refractivity contribution in [3.8, 4) is 0 Å². The highest BCUT2D eigenvalue weighted by molar-refractivity contribution is 5.94. The molecule has 1 saturated heterocycles. The number of benzene rings is 1. The number of nitrogen functional groups attached to an aromatic ring is 1. The fraction of sp³-hybridized carbons (Fsp3) is 0.533. The normalized spacial score (nSPS) is 18.8. The topological polar surface area (TPSA) is 55.6 Å². The molecule has 116 valence electrons. The number of halogens is 2. The summed E-state index contributed by atoms with van der Waals surface area (Å²) in [6, 6.07) is 1.97. The van der Waals surface area contributed by atoms with Crippen LogP contribution >= 0.6 is 0 Å². The van der Waals surface area contributed by atoms with Crippen molar-refractivity contribution in [2.24, 2.45) is 0 Å². The molecule has 21 heavy (non-hydrogen) atoms. The summed E-state index contributed by atoms with van der Waals surface area (Å²) >= 11 is 0. The summed E-state index contributed by atoms with van der Waals surface area (Å²) in [6.07, 6.45) is 2.62. The minimum Gasteiger partial charge on any atom is -0.394 e. The van der Waals surface area contributed by atoms with Crippen LogP contribution in [0, 0.1) is 11.6 Å². The maximum atomic E-state index is 13.5. The van der Waals surface area contributed by atoms with E-state index in [1.165, 1.54) is 0 Å². The number of rotatable bonds is 4. The van der Waals surface area contributed by atoms with Crippen molar-refractivity contribution in [1.29, 1.82) is 0 Å². The summed E-state index contributed by atoms with van der Waals surface area (Å²) in [6.45, 7) is 3.69. The molecule has 2 rings (SSSR count). The van der Waals surface area contributed by atoms with Gasteiger partial charge in [0.1, 0.15) is 17.3 Å². The maximum absolute atomic E-state index is 13.5.